The first-order chi connectivity index (χ1) is 4.34. The van der Waals surface area contributed by atoms with Gasteiger partial charge in [0.1, 0.15) is 0 Å². The van der Waals surface area contributed by atoms with Crippen molar-refractivity contribution < 1.29 is 0 Å². The van der Waals surface area contributed by atoms with Gasteiger partial charge < -0.3 is 4.90 Å². The number of hydrogen-bond donors (Lipinski definition) is 0. The van der Waals surface area contributed by atoms with E-state index >= 15 is 0 Å². The zero-order chi connectivity index (χ0) is 6.69. The zero-order valence-electron chi connectivity index (χ0n) is 5.94. The van der Waals surface area contributed by atoms with Crippen molar-refractivity contribution >= 4 is 15.9 Å². The number of piperidine rings is 1. The summed E-state index contributed by atoms with van der Waals surface area (Å²) < 4.78 is 0. The minimum atomic E-state index is 0.804. The minimum absolute atomic E-state index is 0.804. The molecule has 0 aromatic heterocycles. The van der Waals surface area contributed by atoms with E-state index in [0.29, 0.717) is 0 Å². The van der Waals surface area contributed by atoms with Crippen LogP contribution in [-0.4, -0.2) is 29.9 Å². The van der Waals surface area contributed by atoms with E-state index in [-0.39, 0.29) is 0 Å². The Bertz CT molecular complexity index is 85.0. The molecule has 54 valence electrons. The zero-order valence-corrected chi connectivity index (χ0v) is 7.52. The summed E-state index contributed by atoms with van der Waals surface area (Å²) in [5.74, 6) is 0. The van der Waals surface area contributed by atoms with Crippen LogP contribution in [0.4, 0.5) is 0 Å². The van der Waals surface area contributed by atoms with Gasteiger partial charge in [0.25, 0.3) is 0 Å². The molecule has 9 heavy (non-hydrogen) atoms. The van der Waals surface area contributed by atoms with E-state index in [0.717, 1.165) is 11.4 Å². The van der Waals surface area contributed by atoms with Crippen molar-refractivity contribution in [3.05, 3.63) is 0 Å². The maximum atomic E-state index is 3.51. The number of halogens is 1. The highest BCUT2D eigenvalue weighted by Gasteiger charge is 2.16. The third-order valence-electron chi connectivity index (χ3n) is 2.10. The van der Waals surface area contributed by atoms with Gasteiger partial charge in [-0.1, -0.05) is 22.4 Å². The summed E-state index contributed by atoms with van der Waals surface area (Å²) in [6.45, 7) is 1.29. The third-order valence-corrected chi connectivity index (χ3v) is 2.85. The van der Waals surface area contributed by atoms with Crippen LogP contribution in [0, 0.1) is 0 Å². The molecule has 1 fully saturated rings. The van der Waals surface area contributed by atoms with Gasteiger partial charge in [-0.3, -0.25) is 0 Å². The molecule has 2 heteroatoms. The Morgan fingerprint density at radius 1 is 1.56 bits per heavy atom. The van der Waals surface area contributed by atoms with Gasteiger partial charge >= 0.3 is 0 Å². The van der Waals surface area contributed by atoms with E-state index in [4.69, 9.17) is 0 Å². The van der Waals surface area contributed by atoms with Crippen molar-refractivity contribution in [2.75, 3.05) is 18.9 Å². The maximum Gasteiger partial charge on any atom is 0.0189 e. The molecule has 1 rings (SSSR count). The topological polar surface area (TPSA) is 3.24 Å². The van der Waals surface area contributed by atoms with E-state index in [2.05, 4.69) is 27.9 Å². The summed E-state index contributed by atoms with van der Waals surface area (Å²) in [4.78, 5) is 2.44. The molecular formula is C7H14BrN. The molecule has 0 amide bonds. The van der Waals surface area contributed by atoms with E-state index in [1.54, 1.807) is 0 Å². The maximum absolute atomic E-state index is 3.51. The van der Waals surface area contributed by atoms with Crippen molar-refractivity contribution in [2.24, 2.45) is 0 Å². The van der Waals surface area contributed by atoms with Crippen LogP contribution in [0.1, 0.15) is 19.3 Å². The highest BCUT2D eigenvalue weighted by Crippen LogP contribution is 2.15. The molecule has 0 N–H and O–H groups in total. The lowest BCUT2D eigenvalue weighted by Gasteiger charge is -2.30. The van der Waals surface area contributed by atoms with Crippen LogP contribution in [0.15, 0.2) is 0 Å². The molecule has 0 spiro atoms. The lowest BCUT2D eigenvalue weighted by molar-refractivity contribution is 0.205. The fourth-order valence-corrected chi connectivity index (χ4v) is 2.16. The SMILES string of the molecule is CN1CCCC[C@H]1CBr. The fraction of sp³-hybridized carbons (Fsp3) is 1.00. The molecule has 0 radical (unpaired) electrons. The van der Waals surface area contributed by atoms with Gasteiger partial charge in [0.2, 0.25) is 0 Å². The Balaban J connectivity index is 2.30. The van der Waals surface area contributed by atoms with Gasteiger partial charge in [0.15, 0.2) is 0 Å². The van der Waals surface area contributed by atoms with Crippen LogP contribution in [0.2, 0.25) is 0 Å². The van der Waals surface area contributed by atoms with Gasteiger partial charge in [0.05, 0.1) is 0 Å². The van der Waals surface area contributed by atoms with Crippen LogP contribution in [0.3, 0.4) is 0 Å². The van der Waals surface area contributed by atoms with Gasteiger partial charge in [-0.15, -0.1) is 0 Å². The molecule has 1 aliphatic rings. The number of alkyl halides is 1. The van der Waals surface area contributed by atoms with Crippen molar-refractivity contribution in [1.82, 2.24) is 4.90 Å². The first kappa shape index (κ1) is 7.55. The average molecular weight is 192 g/mol. The lowest BCUT2D eigenvalue weighted by Crippen LogP contribution is -2.37. The molecule has 0 aliphatic carbocycles. The summed E-state index contributed by atoms with van der Waals surface area (Å²) in [5.41, 5.74) is 0. The lowest BCUT2D eigenvalue weighted by atomic mass is 10.1. The summed E-state index contributed by atoms with van der Waals surface area (Å²) in [6.07, 6.45) is 4.18. The largest absolute Gasteiger partial charge is 0.303 e. The molecule has 1 heterocycles. The van der Waals surface area contributed by atoms with Crippen LogP contribution < -0.4 is 0 Å². The van der Waals surface area contributed by atoms with Gasteiger partial charge in [0, 0.05) is 11.4 Å². The molecule has 0 unspecified atom stereocenters. The Morgan fingerprint density at radius 2 is 2.33 bits per heavy atom. The van der Waals surface area contributed by atoms with E-state index in [1.165, 1.54) is 25.8 Å². The molecule has 1 saturated heterocycles. The highest BCUT2D eigenvalue weighted by molar-refractivity contribution is 9.09. The fourth-order valence-electron chi connectivity index (χ4n) is 1.34. The van der Waals surface area contributed by atoms with Crippen molar-refractivity contribution in [2.45, 2.75) is 25.3 Å². The van der Waals surface area contributed by atoms with E-state index in [1.807, 2.05) is 0 Å². The van der Waals surface area contributed by atoms with Gasteiger partial charge in [-0.05, 0) is 26.4 Å². The first-order valence-electron chi connectivity index (χ1n) is 3.61. The summed E-state index contributed by atoms with van der Waals surface area (Å²) in [5, 5.41) is 1.14. The molecule has 0 saturated carbocycles. The van der Waals surface area contributed by atoms with Crippen LogP contribution in [0.25, 0.3) is 0 Å². The van der Waals surface area contributed by atoms with E-state index < -0.39 is 0 Å². The second-order valence-electron chi connectivity index (χ2n) is 2.78. The molecule has 0 aromatic carbocycles. The average Bonchev–Trinajstić information content (AvgIpc) is 1.89. The van der Waals surface area contributed by atoms with Crippen LogP contribution in [-0.2, 0) is 0 Å². The predicted molar refractivity (Wildman–Crippen MR) is 44.1 cm³/mol. The van der Waals surface area contributed by atoms with Crippen LogP contribution >= 0.6 is 15.9 Å². The molecule has 1 atom stereocenters. The smallest absolute Gasteiger partial charge is 0.0189 e. The molecule has 0 aromatic rings. The third kappa shape index (κ3) is 1.94. The standard InChI is InChI=1S/C7H14BrN/c1-9-5-3-2-4-7(9)6-8/h7H,2-6H2,1H3/t7-/m0/s1. The summed E-state index contributed by atoms with van der Waals surface area (Å²) in [6, 6.07) is 0.804. The Hall–Kier alpha value is 0.440. The summed E-state index contributed by atoms with van der Waals surface area (Å²) >= 11 is 3.51. The first-order valence-corrected chi connectivity index (χ1v) is 4.73. The highest BCUT2D eigenvalue weighted by atomic mass is 79.9. The normalized spacial score (nSPS) is 30.7. The number of rotatable bonds is 1. The predicted octanol–water partition coefficient (Wildman–Crippen LogP) is 1.87. The summed E-state index contributed by atoms with van der Waals surface area (Å²) in [7, 11) is 2.21. The van der Waals surface area contributed by atoms with E-state index in [9.17, 15) is 0 Å². The van der Waals surface area contributed by atoms with Crippen LogP contribution in [0.5, 0.6) is 0 Å². The Morgan fingerprint density at radius 3 is 2.78 bits per heavy atom. The van der Waals surface area contributed by atoms with Crippen molar-refractivity contribution in [3.63, 3.8) is 0 Å². The number of nitrogens with zero attached hydrogens (tertiary/aromatic N) is 1. The molecule has 1 aliphatic heterocycles. The monoisotopic (exact) mass is 191 g/mol. The minimum Gasteiger partial charge on any atom is -0.303 e. The number of likely N-dealkylation sites (tertiary alicyclic amines) is 1. The van der Waals surface area contributed by atoms with Crippen molar-refractivity contribution in [1.29, 1.82) is 0 Å². The molecule has 1 nitrogen and oxygen atoms in total. The Kier molecular flexibility index (Phi) is 2.99. The quantitative estimate of drug-likeness (QED) is 0.573. The molecule has 0 bridgehead atoms. The second-order valence-corrected chi connectivity index (χ2v) is 3.43. The number of hydrogen-bond acceptors (Lipinski definition) is 1. The Labute approximate surface area is 65.6 Å². The van der Waals surface area contributed by atoms with Gasteiger partial charge in [-0.25, -0.2) is 0 Å². The van der Waals surface area contributed by atoms with Gasteiger partial charge in [-0.2, -0.15) is 0 Å². The molecular weight excluding hydrogens is 178 g/mol. The second kappa shape index (κ2) is 3.57. The van der Waals surface area contributed by atoms with Crippen molar-refractivity contribution in [3.8, 4) is 0 Å².